The summed E-state index contributed by atoms with van der Waals surface area (Å²) in [5, 5.41) is 0. The van der Waals surface area contributed by atoms with Crippen LogP contribution in [0, 0.1) is 0 Å². The van der Waals surface area contributed by atoms with E-state index in [2.05, 4.69) is 27.7 Å². The van der Waals surface area contributed by atoms with Crippen molar-refractivity contribution in [3.63, 3.8) is 0 Å². The molecule has 0 N–H and O–H groups in total. The first-order valence-corrected chi connectivity index (χ1v) is 7.32. The van der Waals surface area contributed by atoms with Crippen LogP contribution in [0.4, 0.5) is 0 Å². The average molecular weight is 228 g/mol. The summed E-state index contributed by atoms with van der Waals surface area (Å²) in [6.07, 6.45) is 12.1. The zero-order valence-corrected chi connectivity index (χ0v) is 12.0. The fourth-order valence-corrected chi connectivity index (χ4v) is 2.16. The van der Waals surface area contributed by atoms with E-state index in [-0.39, 0.29) is 5.60 Å². The van der Waals surface area contributed by atoms with Crippen LogP contribution in [0.2, 0.25) is 0 Å². The summed E-state index contributed by atoms with van der Waals surface area (Å²) in [4.78, 5) is 0. The van der Waals surface area contributed by atoms with Gasteiger partial charge in [0.1, 0.15) is 0 Å². The van der Waals surface area contributed by atoms with E-state index in [4.69, 9.17) is 4.74 Å². The number of hydrogen-bond donors (Lipinski definition) is 0. The molecule has 1 unspecified atom stereocenters. The van der Waals surface area contributed by atoms with E-state index in [1.807, 2.05) is 0 Å². The molecule has 0 amide bonds. The summed E-state index contributed by atoms with van der Waals surface area (Å²) in [7, 11) is 0. The second-order valence-corrected chi connectivity index (χ2v) is 5.11. The molecule has 0 aromatic carbocycles. The van der Waals surface area contributed by atoms with Gasteiger partial charge in [0.05, 0.1) is 5.60 Å². The zero-order chi connectivity index (χ0) is 12.3. The van der Waals surface area contributed by atoms with Crippen molar-refractivity contribution in [1.29, 1.82) is 0 Å². The Hall–Kier alpha value is -0.0400. The maximum absolute atomic E-state index is 5.82. The minimum atomic E-state index is 0.137. The Kier molecular flexibility index (Phi) is 10.1. The van der Waals surface area contributed by atoms with Gasteiger partial charge in [0.15, 0.2) is 0 Å². The van der Waals surface area contributed by atoms with Crippen molar-refractivity contribution in [3.8, 4) is 0 Å². The third-order valence-corrected chi connectivity index (χ3v) is 3.55. The second kappa shape index (κ2) is 10.1. The summed E-state index contributed by atoms with van der Waals surface area (Å²) < 4.78 is 5.82. The quantitative estimate of drug-likeness (QED) is 0.434. The molecule has 1 heteroatoms. The fraction of sp³-hybridized carbons (Fsp3) is 1.00. The number of unbranched alkanes of at least 4 members (excludes halogenated alkanes) is 6. The maximum atomic E-state index is 5.82. The van der Waals surface area contributed by atoms with Crippen molar-refractivity contribution in [2.75, 3.05) is 6.61 Å². The van der Waals surface area contributed by atoms with Gasteiger partial charge in [-0.25, -0.2) is 0 Å². The van der Waals surface area contributed by atoms with E-state index in [1.54, 1.807) is 0 Å². The number of rotatable bonds is 11. The molecule has 0 saturated heterocycles. The standard InChI is InChI=1S/C15H32O/c1-5-8-9-10-11-12-13-14-15(4,6-2)16-7-3/h5-14H2,1-4H3. The molecule has 0 bridgehead atoms. The van der Waals surface area contributed by atoms with E-state index in [0.717, 1.165) is 13.0 Å². The van der Waals surface area contributed by atoms with Crippen molar-refractivity contribution in [1.82, 2.24) is 0 Å². The highest BCUT2D eigenvalue weighted by atomic mass is 16.5. The lowest BCUT2D eigenvalue weighted by Gasteiger charge is -2.28. The molecule has 1 nitrogen and oxygen atoms in total. The highest BCUT2D eigenvalue weighted by Crippen LogP contribution is 2.23. The van der Waals surface area contributed by atoms with Crippen LogP contribution in [-0.4, -0.2) is 12.2 Å². The Balaban J connectivity index is 3.41. The first-order valence-electron chi connectivity index (χ1n) is 7.32. The molecular weight excluding hydrogens is 196 g/mol. The second-order valence-electron chi connectivity index (χ2n) is 5.11. The molecule has 0 heterocycles. The minimum Gasteiger partial charge on any atom is -0.376 e. The smallest absolute Gasteiger partial charge is 0.0651 e. The topological polar surface area (TPSA) is 9.23 Å². The van der Waals surface area contributed by atoms with Gasteiger partial charge >= 0.3 is 0 Å². The SMILES string of the molecule is CCCCCCCCCC(C)(CC)OCC. The molecule has 0 rings (SSSR count). The molecule has 0 aliphatic carbocycles. The summed E-state index contributed by atoms with van der Waals surface area (Å²) in [5.41, 5.74) is 0.137. The minimum absolute atomic E-state index is 0.137. The van der Waals surface area contributed by atoms with Gasteiger partial charge in [-0.3, -0.25) is 0 Å². The molecule has 98 valence electrons. The lowest BCUT2D eigenvalue weighted by Crippen LogP contribution is -2.27. The number of ether oxygens (including phenoxy) is 1. The Morgan fingerprint density at radius 1 is 0.812 bits per heavy atom. The Labute approximate surface area is 103 Å². The fourth-order valence-electron chi connectivity index (χ4n) is 2.16. The largest absolute Gasteiger partial charge is 0.376 e. The molecule has 0 aromatic heterocycles. The summed E-state index contributed by atoms with van der Waals surface area (Å²) in [6.45, 7) is 9.71. The van der Waals surface area contributed by atoms with Crippen LogP contribution < -0.4 is 0 Å². The predicted octanol–water partition coefficient (Wildman–Crippen LogP) is 5.33. The molecule has 0 radical (unpaired) electrons. The molecule has 0 aliphatic rings. The molecule has 0 aromatic rings. The molecule has 0 fully saturated rings. The van der Waals surface area contributed by atoms with Crippen molar-refractivity contribution in [2.45, 2.75) is 91.1 Å². The van der Waals surface area contributed by atoms with Crippen LogP contribution in [0.15, 0.2) is 0 Å². The van der Waals surface area contributed by atoms with E-state index in [9.17, 15) is 0 Å². The van der Waals surface area contributed by atoms with E-state index < -0.39 is 0 Å². The molecule has 0 saturated carbocycles. The first kappa shape index (κ1) is 16.0. The number of hydrogen-bond acceptors (Lipinski definition) is 1. The third-order valence-electron chi connectivity index (χ3n) is 3.55. The van der Waals surface area contributed by atoms with Crippen LogP contribution in [0.1, 0.15) is 85.5 Å². The Morgan fingerprint density at radius 3 is 1.88 bits per heavy atom. The lowest BCUT2D eigenvalue weighted by molar-refractivity contribution is -0.0353. The summed E-state index contributed by atoms with van der Waals surface area (Å²) in [6, 6.07) is 0. The molecule has 0 spiro atoms. The van der Waals surface area contributed by atoms with Gasteiger partial charge in [-0.05, 0) is 26.7 Å². The van der Waals surface area contributed by atoms with Gasteiger partial charge in [-0.15, -0.1) is 0 Å². The first-order chi connectivity index (χ1) is 7.68. The molecule has 16 heavy (non-hydrogen) atoms. The van der Waals surface area contributed by atoms with Gasteiger partial charge in [-0.2, -0.15) is 0 Å². The summed E-state index contributed by atoms with van der Waals surface area (Å²) in [5.74, 6) is 0. The van der Waals surface area contributed by atoms with Crippen LogP contribution in [0.25, 0.3) is 0 Å². The normalized spacial score (nSPS) is 15.0. The van der Waals surface area contributed by atoms with Crippen LogP contribution >= 0.6 is 0 Å². The van der Waals surface area contributed by atoms with Crippen LogP contribution in [0.5, 0.6) is 0 Å². The van der Waals surface area contributed by atoms with Crippen molar-refractivity contribution in [2.24, 2.45) is 0 Å². The van der Waals surface area contributed by atoms with Gasteiger partial charge < -0.3 is 4.74 Å². The third kappa shape index (κ3) is 8.15. The predicted molar refractivity (Wildman–Crippen MR) is 72.9 cm³/mol. The van der Waals surface area contributed by atoms with Gasteiger partial charge in [0.25, 0.3) is 0 Å². The van der Waals surface area contributed by atoms with Crippen molar-refractivity contribution < 1.29 is 4.74 Å². The Bertz CT molecular complexity index is 144. The van der Waals surface area contributed by atoms with Crippen molar-refractivity contribution >= 4 is 0 Å². The lowest BCUT2D eigenvalue weighted by atomic mass is 9.94. The molecule has 0 aliphatic heterocycles. The summed E-state index contributed by atoms with van der Waals surface area (Å²) >= 11 is 0. The van der Waals surface area contributed by atoms with E-state index in [1.165, 1.54) is 51.4 Å². The van der Waals surface area contributed by atoms with Gasteiger partial charge in [-0.1, -0.05) is 58.8 Å². The zero-order valence-electron chi connectivity index (χ0n) is 12.0. The molecular formula is C15H32O. The maximum Gasteiger partial charge on any atom is 0.0651 e. The van der Waals surface area contributed by atoms with Crippen LogP contribution in [-0.2, 0) is 4.74 Å². The van der Waals surface area contributed by atoms with Crippen molar-refractivity contribution in [3.05, 3.63) is 0 Å². The average Bonchev–Trinajstić information content (AvgIpc) is 2.28. The van der Waals surface area contributed by atoms with Gasteiger partial charge in [0.2, 0.25) is 0 Å². The Morgan fingerprint density at radius 2 is 1.38 bits per heavy atom. The van der Waals surface area contributed by atoms with Crippen LogP contribution in [0.3, 0.4) is 0 Å². The highest BCUT2D eigenvalue weighted by Gasteiger charge is 2.20. The van der Waals surface area contributed by atoms with E-state index >= 15 is 0 Å². The molecule has 1 atom stereocenters. The van der Waals surface area contributed by atoms with Gasteiger partial charge in [0, 0.05) is 6.61 Å². The highest BCUT2D eigenvalue weighted by molar-refractivity contribution is 4.72. The van der Waals surface area contributed by atoms with E-state index in [0.29, 0.717) is 0 Å². The monoisotopic (exact) mass is 228 g/mol.